The average Bonchev–Trinajstić information content (AvgIpc) is 2.91. The fourth-order valence-corrected chi connectivity index (χ4v) is 2.22. The summed E-state index contributed by atoms with van der Waals surface area (Å²) in [5, 5.41) is 9.04. The van der Waals surface area contributed by atoms with Crippen LogP contribution in [0.4, 0.5) is 5.69 Å². The predicted octanol–water partition coefficient (Wildman–Crippen LogP) is 3.48. The van der Waals surface area contributed by atoms with E-state index in [1.807, 2.05) is 55.6 Å². The van der Waals surface area contributed by atoms with Crippen molar-refractivity contribution in [3.8, 4) is 16.9 Å². The van der Waals surface area contributed by atoms with Crippen LogP contribution in [0, 0.1) is 6.92 Å². The zero-order valence-corrected chi connectivity index (χ0v) is 11.7. The van der Waals surface area contributed by atoms with Crippen molar-refractivity contribution in [2.24, 2.45) is 0 Å². The molecule has 2 N–H and O–H groups in total. The van der Waals surface area contributed by atoms with E-state index in [0.29, 0.717) is 10.7 Å². The SMILES string of the molecule is Cc1ccc(Cl)cc1-c1cn(-c2cccc(N)c2)nn1. The largest absolute Gasteiger partial charge is 0.399 e. The molecule has 3 aromatic rings. The molecule has 100 valence electrons. The smallest absolute Gasteiger partial charge is 0.113 e. The first-order valence-corrected chi connectivity index (χ1v) is 6.56. The molecule has 0 unspecified atom stereocenters. The summed E-state index contributed by atoms with van der Waals surface area (Å²) in [5.41, 5.74) is 10.2. The molecule has 20 heavy (non-hydrogen) atoms. The Morgan fingerprint density at radius 1 is 1.15 bits per heavy atom. The van der Waals surface area contributed by atoms with Crippen molar-refractivity contribution in [2.45, 2.75) is 6.92 Å². The van der Waals surface area contributed by atoms with E-state index in [2.05, 4.69) is 10.3 Å². The zero-order chi connectivity index (χ0) is 14.1. The highest BCUT2D eigenvalue weighted by Crippen LogP contribution is 2.25. The highest BCUT2D eigenvalue weighted by Gasteiger charge is 2.08. The molecule has 1 heterocycles. The van der Waals surface area contributed by atoms with Gasteiger partial charge in [0.25, 0.3) is 0 Å². The summed E-state index contributed by atoms with van der Waals surface area (Å²) in [6.07, 6.45) is 1.87. The number of rotatable bonds is 2. The lowest BCUT2D eigenvalue weighted by molar-refractivity contribution is 0.804. The topological polar surface area (TPSA) is 56.7 Å². The lowest BCUT2D eigenvalue weighted by atomic mass is 10.1. The van der Waals surface area contributed by atoms with Gasteiger partial charge in [0.2, 0.25) is 0 Å². The number of nitrogen functional groups attached to an aromatic ring is 1. The molecule has 5 heteroatoms. The van der Waals surface area contributed by atoms with Crippen LogP contribution in [0.15, 0.2) is 48.7 Å². The minimum absolute atomic E-state index is 0.684. The summed E-state index contributed by atoms with van der Waals surface area (Å²) in [6, 6.07) is 13.2. The van der Waals surface area contributed by atoms with E-state index >= 15 is 0 Å². The van der Waals surface area contributed by atoms with Gasteiger partial charge in [0.05, 0.1) is 11.9 Å². The summed E-state index contributed by atoms with van der Waals surface area (Å²) in [5.74, 6) is 0. The Kier molecular flexibility index (Phi) is 3.16. The highest BCUT2D eigenvalue weighted by atomic mass is 35.5. The first-order chi connectivity index (χ1) is 9.63. The van der Waals surface area contributed by atoms with Crippen molar-refractivity contribution in [1.29, 1.82) is 0 Å². The van der Waals surface area contributed by atoms with Crippen LogP contribution in [0.5, 0.6) is 0 Å². The molecule has 0 amide bonds. The minimum atomic E-state index is 0.684. The predicted molar refractivity (Wildman–Crippen MR) is 81.0 cm³/mol. The van der Waals surface area contributed by atoms with Gasteiger partial charge in [0.1, 0.15) is 5.69 Å². The van der Waals surface area contributed by atoms with Gasteiger partial charge in [-0.3, -0.25) is 0 Å². The van der Waals surface area contributed by atoms with E-state index in [1.54, 1.807) is 4.68 Å². The second-order valence-electron chi connectivity index (χ2n) is 4.60. The number of aryl methyl sites for hydroxylation is 1. The summed E-state index contributed by atoms with van der Waals surface area (Å²) < 4.78 is 1.70. The Bertz CT molecular complexity index is 764. The standard InChI is InChI=1S/C15H13ClN4/c1-10-5-6-11(16)7-14(10)15-9-20(19-18-15)13-4-2-3-12(17)8-13/h2-9H,17H2,1H3. The number of halogens is 1. The first kappa shape index (κ1) is 12.7. The van der Waals surface area contributed by atoms with Gasteiger partial charge in [0, 0.05) is 16.3 Å². The maximum Gasteiger partial charge on any atom is 0.113 e. The van der Waals surface area contributed by atoms with Gasteiger partial charge >= 0.3 is 0 Å². The molecule has 0 saturated heterocycles. The number of hydrogen-bond donors (Lipinski definition) is 1. The normalized spacial score (nSPS) is 10.7. The molecule has 4 nitrogen and oxygen atoms in total. The van der Waals surface area contributed by atoms with Gasteiger partial charge in [0.15, 0.2) is 0 Å². The molecule has 0 fully saturated rings. The average molecular weight is 285 g/mol. The van der Waals surface area contributed by atoms with Crippen LogP contribution >= 0.6 is 11.6 Å². The molecule has 0 bridgehead atoms. The summed E-state index contributed by atoms with van der Waals surface area (Å²) in [6.45, 7) is 2.02. The second-order valence-corrected chi connectivity index (χ2v) is 5.04. The van der Waals surface area contributed by atoms with Crippen molar-refractivity contribution >= 4 is 17.3 Å². The Morgan fingerprint density at radius 2 is 2.00 bits per heavy atom. The molecule has 2 aromatic carbocycles. The minimum Gasteiger partial charge on any atom is -0.399 e. The number of benzene rings is 2. The van der Waals surface area contributed by atoms with Crippen LogP contribution in [0.1, 0.15) is 5.56 Å². The Labute approximate surface area is 121 Å². The lowest BCUT2D eigenvalue weighted by Gasteiger charge is -2.02. The Balaban J connectivity index is 2.04. The molecular weight excluding hydrogens is 272 g/mol. The van der Waals surface area contributed by atoms with E-state index in [9.17, 15) is 0 Å². The van der Waals surface area contributed by atoms with Crippen molar-refractivity contribution in [2.75, 3.05) is 5.73 Å². The third-order valence-corrected chi connectivity index (χ3v) is 3.34. The molecule has 0 aliphatic rings. The maximum absolute atomic E-state index is 6.04. The maximum atomic E-state index is 6.04. The first-order valence-electron chi connectivity index (χ1n) is 6.18. The van der Waals surface area contributed by atoms with Gasteiger partial charge < -0.3 is 5.73 Å². The molecule has 0 radical (unpaired) electrons. The number of aromatic nitrogens is 3. The lowest BCUT2D eigenvalue weighted by Crippen LogP contribution is -1.95. The summed E-state index contributed by atoms with van der Waals surface area (Å²) >= 11 is 6.04. The van der Waals surface area contributed by atoms with Crippen LogP contribution in [-0.2, 0) is 0 Å². The van der Waals surface area contributed by atoms with Crippen molar-refractivity contribution in [3.05, 3.63) is 59.2 Å². The fraction of sp³-hybridized carbons (Fsp3) is 0.0667. The van der Waals surface area contributed by atoms with Gasteiger partial charge in [-0.1, -0.05) is 28.9 Å². The van der Waals surface area contributed by atoms with Crippen molar-refractivity contribution in [1.82, 2.24) is 15.0 Å². The third-order valence-electron chi connectivity index (χ3n) is 3.10. The summed E-state index contributed by atoms with van der Waals surface area (Å²) in [4.78, 5) is 0. The Morgan fingerprint density at radius 3 is 2.80 bits per heavy atom. The molecule has 0 aliphatic heterocycles. The van der Waals surface area contributed by atoms with Gasteiger partial charge in [-0.2, -0.15) is 0 Å². The van der Waals surface area contributed by atoms with E-state index in [1.165, 1.54) is 0 Å². The van der Waals surface area contributed by atoms with E-state index < -0.39 is 0 Å². The molecule has 0 atom stereocenters. The van der Waals surface area contributed by atoms with Crippen LogP contribution < -0.4 is 5.73 Å². The zero-order valence-electron chi connectivity index (χ0n) is 10.9. The van der Waals surface area contributed by atoms with Gasteiger partial charge in [-0.05, 0) is 42.8 Å². The number of nitrogens with two attached hydrogens (primary N) is 1. The summed E-state index contributed by atoms with van der Waals surface area (Å²) in [7, 11) is 0. The van der Waals surface area contributed by atoms with E-state index in [-0.39, 0.29) is 0 Å². The molecule has 0 spiro atoms. The highest BCUT2D eigenvalue weighted by molar-refractivity contribution is 6.30. The van der Waals surface area contributed by atoms with Crippen LogP contribution in [0.2, 0.25) is 5.02 Å². The number of nitrogens with zero attached hydrogens (tertiary/aromatic N) is 3. The quantitative estimate of drug-likeness (QED) is 0.733. The molecular formula is C15H13ClN4. The Hall–Kier alpha value is -2.33. The molecule has 3 rings (SSSR count). The fourth-order valence-electron chi connectivity index (χ4n) is 2.05. The van der Waals surface area contributed by atoms with Crippen LogP contribution in [-0.4, -0.2) is 15.0 Å². The van der Waals surface area contributed by atoms with E-state index in [4.69, 9.17) is 17.3 Å². The number of hydrogen-bond acceptors (Lipinski definition) is 3. The molecule has 0 aliphatic carbocycles. The van der Waals surface area contributed by atoms with Crippen molar-refractivity contribution < 1.29 is 0 Å². The van der Waals surface area contributed by atoms with Crippen LogP contribution in [0.3, 0.4) is 0 Å². The van der Waals surface area contributed by atoms with Gasteiger partial charge in [-0.25, -0.2) is 4.68 Å². The van der Waals surface area contributed by atoms with Gasteiger partial charge in [-0.15, -0.1) is 5.10 Å². The molecule has 1 aromatic heterocycles. The monoisotopic (exact) mass is 284 g/mol. The number of anilines is 1. The van der Waals surface area contributed by atoms with E-state index in [0.717, 1.165) is 22.5 Å². The van der Waals surface area contributed by atoms with Crippen LogP contribution in [0.25, 0.3) is 16.9 Å². The second kappa shape index (κ2) is 4.98. The third kappa shape index (κ3) is 2.38. The van der Waals surface area contributed by atoms with Crippen molar-refractivity contribution in [3.63, 3.8) is 0 Å². The molecule has 0 saturated carbocycles.